The van der Waals surface area contributed by atoms with Gasteiger partial charge in [-0.1, -0.05) is 65.9 Å². The standard InChI is InChI=1S/C27H36BrN5O5Si/c1-36-26(34)30-20-10-11-21(22(28)14-20)24-16-33(18-37-12-13-39(2,3)4)25(31-24)23(15-29)32-27(35)38-17-19-8-6-5-7-9-19/h5-11,14,16,23H,12-13,15,17-18,29H2,1-4H3,(H,30,34)(H,32,35)/t23-/m0/s1. The number of imidazole rings is 1. The Kier molecular flexibility index (Phi) is 11.1. The summed E-state index contributed by atoms with van der Waals surface area (Å²) in [6.45, 7) is 8.01. The highest BCUT2D eigenvalue weighted by Gasteiger charge is 2.23. The Balaban J connectivity index is 1.82. The van der Waals surface area contributed by atoms with Crippen molar-refractivity contribution in [2.24, 2.45) is 5.73 Å². The Labute approximate surface area is 238 Å². The van der Waals surface area contributed by atoms with Crippen LogP contribution in [0.1, 0.15) is 17.4 Å². The molecular weight excluding hydrogens is 582 g/mol. The number of methoxy groups -OCH3 is 1. The third-order valence-corrected chi connectivity index (χ3v) is 8.12. The fraction of sp³-hybridized carbons (Fsp3) is 0.370. The molecule has 0 unspecified atom stereocenters. The largest absolute Gasteiger partial charge is 0.453 e. The molecule has 0 saturated heterocycles. The second-order valence-electron chi connectivity index (χ2n) is 10.1. The van der Waals surface area contributed by atoms with Crippen molar-refractivity contribution in [2.45, 2.75) is 45.1 Å². The molecule has 2 amide bonds. The minimum atomic E-state index is -1.26. The van der Waals surface area contributed by atoms with Crippen LogP contribution in [0.4, 0.5) is 15.3 Å². The summed E-state index contributed by atoms with van der Waals surface area (Å²) in [5.74, 6) is 0.542. The number of nitrogens with zero attached hydrogens (tertiary/aromatic N) is 2. The molecule has 39 heavy (non-hydrogen) atoms. The van der Waals surface area contributed by atoms with Crippen molar-refractivity contribution in [3.63, 3.8) is 0 Å². The van der Waals surface area contributed by atoms with E-state index in [2.05, 4.69) is 50.9 Å². The highest BCUT2D eigenvalue weighted by molar-refractivity contribution is 9.10. The molecule has 0 aliphatic heterocycles. The van der Waals surface area contributed by atoms with E-state index in [-0.39, 0.29) is 19.9 Å². The van der Waals surface area contributed by atoms with Crippen LogP contribution in [-0.2, 0) is 27.5 Å². The smallest absolute Gasteiger partial charge is 0.411 e. The average molecular weight is 619 g/mol. The minimum absolute atomic E-state index is 0.106. The molecule has 0 spiro atoms. The first kappa shape index (κ1) is 30.3. The summed E-state index contributed by atoms with van der Waals surface area (Å²) < 4.78 is 18.6. The second-order valence-corrected chi connectivity index (χ2v) is 16.6. The van der Waals surface area contributed by atoms with Gasteiger partial charge in [0.25, 0.3) is 0 Å². The van der Waals surface area contributed by atoms with Gasteiger partial charge < -0.3 is 29.8 Å². The Hall–Kier alpha value is -3.19. The van der Waals surface area contributed by atoms with E-state index in [4.69, 9.17) is 20.2 Å². The van der Waals surface area contributed by atoms with Gasteiger partial charge in [0, 0.05) is 43.1 Å². The summed E-state index contributed by atoms with van der Waals surface area (Å²) in [5, 5.41) is 5.47. The zero-order valence-electron chi connectivity index (χ0n) is 22.7. The van der Waals surface area contributed by atoms with Crippen LogP contribution in [0, 0.1) is 0 Å². The minimum Gasteiger partial charge on any atom is -0.453 e. The van der Waals surface area contributed by atoms with Crippen LogP contribution in [0.2, 0.25) is 25.7 Å². The van der Waals surface area contributed by atoms with Crippen molar-refractivity contribution in [2.75, 3.05) is 25.6 Å². The normalized spacial score (nSPS) is 12.1. The molecule has 4 N–H and O–H groups in total. The van der Waals surface area contributed by atoms with Crippen LogP contribution in [0.25, 0.3) is 11.3 Å². The second kappa shape index (κ2) is 14.3. The number of rotatable bonds is 12. The first-order valence-corrected chi connectivity index (χ1v) is 17.1. The third kappa shape index (κ3) is 9.50. The first-order chi connectivity index (χ1) is 18.6. The maximum Gasteiger partial charge on any atom is 0.411 e. The number of anilines is 1. The lowest BCUT2D eigenvalue weighted by Crippen LogP contribution is -2.35. The van der Waals surface area contributed by atoms with Crippen molar-refractivity contribution in [3.8, 4) is 11.3 Å². The van der Waals surface area contributed by atoms with Crippen LogP contribution >= 0.6 is 15.9 Å². The monoisotopic (exact) mass is 617 g/mol. The lowest BCUT2D eigenvalue weighted by atomic mass is 10.1. The van der Waals surface area contributed by atoms with Gasteiger partial charge in [-0.25, -0.2) is 14.6 Å². The maximum atomic E-state index is 12.6. The molecule has 10 nitrogen and oxygen atoms in total. The quantitative estimate of drug-likeness (QED) is 0.175. The summed E-state index contributed by atoms with van der Waals surface area (Å²) in [7, 11) is 0.0434. The van der Waals surface area contributed by atoms with E-state index in [0.717, 1.165) is 17.2 Å². The van der Waals surface area contributed by atoms with E-state index in [1.54, 1.807) is 12.1 Å². The van der Waals surface area contributed by atoms with Gasteiger partial charge in [0.05, 0.1) is 12.8 Å². The van der Waals surface area contributed by atoms with Crippen molar-refractivity contribution in [1.29, 1.82) is 0 Å². The number of nitrogens with two attached hydrogens (primary N) is 1. The zero-order chi connectivity index (χ0) is 28.4. The molecule has 0 aliphatic rings. The predicted molar refractivity (Wildman–Crippen MR) is 157 cm³/mol. The molecule has 1 heterocycles. The summed E-state index contributed by atoms with van der Waals surface area (Å²) in [4.78, 5) is 29.0. The van der Waals surface area contributed by atoms with E-state index in [9.17, 15) is 9.59 Å². The van der Waals surface area contributed by atoms with E-state index in [1.807, 2.05) is 47.2 Å². The predicted octanol–water partition coefficient (Wildman–Crippen LogP) is 5.73. The van der Waals surface area contributed by atoms with Gasteiger partial charge in [-0.3, -0.25) is 5.32 Å². The van der Waals surface area contributed by atoms with Crippen molar-refractivity contribution < 1.29 is 23.8 Å². The van der Waals surface area contributed by atoms with E-state index in [1.165, 1.54) is 7.11 Å². The zero-order valence-corrected chi connectivity index (χ0v) is 25.3. The lowest BCUT2D eigenvalue weighted by molar-refractivity contribution is 0.0833. The van der Waals surface area contributed by atoms with Gasteiger partial charge >= 0.3 is 12.2 Å². The van der Waals surface area contributed by atoms with Crippen molar-refractivity contribution in [3.05, 3.63) is 70.6 Å². The number of alkyl carbamates (subject to hydrolysis) is 1. The van der Waals surface area contributed by atoms with Crippen LogP contribution in [0.15, 0.2) is 59.2 Å². The maximum absolute atomic E-state index is 12.6. The number of benzene rings is 2. The lowest BCUT2D eigenvalue weighted by Gasteiger charge is -2.19. The average Bonchev–Trinajstić information content (AvgIpc) is 3.32. The van der Waals surface area contributed by atoms with Gasteiger partial charge in [0.2, 0.25) is 0 Å². The molecule has 3 rings (SSSR count). The summed E-state index contributed by atoms with van der Waals surface area (Å²) in [5.41, 5.74) is 8.96. The molecule has 0 aliphatic carbocycles. The summed E-state index contributed by atoms with van der Waals surface area (Å²) in [6.07, 6.45) is 0.703. The SMILES string of the molecule is COC(=O)Nc1ccc(-c2cn(COCC[Si](C)(C)C)c([C@H](CN)NC(=O)OCc3ccccc3)n2)c(Br)c1. The molecule has 12 heteroatoms. The van der Waals surface area contributed by atoms with Gasteiger partial charge in [0.1, 0.15) is 25.2 Å². The number of nitrogens with one attached hydrogen (secondary N) is 2. The van der Waals surface area contributed by atoms with Gasteiger partial charge in [0.15, 0.2) is 0 Å². The van der Waals surface area contributed by atoms with Gasteiger partial charge in [-0.2, -0.15) is 0 Å². The van der Waals surface area contributed by atoms with E-state index in [0.29, 0.717) is 28.3 Å². The molecular formula is C27H36BrN5O5Si. The Morgan fingerprint density at radius 3 is 2.51 bits per heavy atom. The van der Waals surface area contributed by atoms with Gasteiger partial charge in [-0.15, -0.1) is 0 Å². The van der Waals surface area contributed by atoms with Gasteiger partial charge in [-0.05, 0) is 29.8 Å². The highest BCUT2D eigenvalue weighted by atomic mass is 79.9. The molecule has 0 fully saturated rings. The van der Waals surface area contributed by atoms with Crippen LogP contribution in [-0.4, -0.2) is 50.1 Å². The van der Waals surface area contributed by atoms with Crippen LogP contribution in [0.5, 0.6) is 0 Å². The van der Waals surface area contributed by atoms with Crippen molar-refractivity contribution >= 4 is 41.9 Å². The fourth-order valence-corrected chi connectivity index (χ4v) is 4.93. The number of hydrogen-bond donors (Lipinski definition) is 3. The number of carbonyl (C=O) groups is 2. The highest BCUT2D eigenvalue weighted by Crippen LogP contribution is 2.31. The molecule has 0 radical (unpaired) electrons. The third-order valence-electron chi connectivity index (χ3n) is 5.76. The molecule has 2 aromatic carbocycles. The number of aromatic nitrogens is 2. The Morgan fingerprint density at radius 1 is 1.13 bits per heavy atom. The first-order valence-electron chi connectivity index (χ1n) is 12.6. The van der Waals surface area contributed by atoms with Crippen LogP contribution < -0.4 is 16.4 Å². The summed E-state index contributed by atoms with van der Waals surface area (Å²) in [6, 6.07) is 15.2. The molecule has 210 valence electrons. The number of halogens is 1. The van der Waals surface area contributed by atoms with E-state index >= 15 is 0 Å². The molecule has 1 aromatic heterocycles. The summed E-state index contributed by atoms with van der Waals surface area (Å²) >= 11 is 3.57. The van der Waals surface area contributed by atoms with E-state index < -0.39 is 26.3 Å². The Bertz CT molecular complexity index is 1250. The number of amides is 2. The van der Waals surface area contributed by atoms with Crippen LogP contribution in [0.3, 0.4) is 0 Å². The molecule has 3 aromatic rings. The molecule has 1 atom stereocenters. The molecule has 0 bridgehead atoms. The fourth-order valence-electron chi connectivity index (χ4n) is 3.59. The number of ether oxygens (including phenoxy) is 3. The number of hydrogen-bond acceptors (Lipinski definition) is 7. The van der Waals surface area contributed by atoms with Crippen molar-refractivity contribution in [1.82, 2.24) is 14.9 Å². The number of carbonyl (C=O) groups excluding carboxylic acids is 2. The molecule has 0 saturated carbocycles. The topological polar surface area (TPSA) is 130 Å². The Morgan fingerprint density at radius 2 is 1.87 bits per heavy atom.